The lowest BCUT2D eigenvalue weighted by atomic mass is 10.1. The molecule has 0 bridgehead atoms. The van der Waals surface area contributed by atoms with E-state index in [2.05, 4.69) is 21.8 Å². The van der Waals surface area contributed by atoms with Gasteiger partial charge >= 0.3 is 12.1 Å². The number of carbonyl (C=O) groups excluding carboxylic acids is 2. The Balaban J connectivity index is 1.34. The highest BCUT2D eigenvalue weighted by atomic mass is 16.6. The first-order valence-corrected chi connectivity index (χ1v) is 11.6. The largest absolute Gasteiger partial charge is 0.459 e. The molecule has 0 spiro atoms. The molecular formula is C27H23N5O5. The van der Waals surface area contributed by atoms with Crippen molar-refractivity contribution in [3.8, 4) is 17.6 Å². The second-order valence-corrected chi connectivity index (χ2v) is 8.44. The van der Waals surface area contributed by atoms with Crippen LogP contribution in [0.25, 0.3) is 5.52 Å². The number of para-hydroxylation sites is 1. The Hall–Kier alpha value is -5.04. The van der Waals surface area contributed by atoms with Crippen molar-refractivity contribution < 1.29 is 23.8 Å². The third kappa shape index (κ3) is 5.31. The summed E-state index contributed by atoms with van der Waals surface area (Å²) >= 11 is 0. The predicted octanol–water partition coefficient (Wildman–Crippen LogP) is 5.30. The summed E-state index contributed by atoms with van der Waals surface area (Å²) < 4.78 is 17.7. The molecule has 10 heteroatoms. The molecule has 186 valence electrons. The van der Waals surface area contributed by atoms with Crippen molar-refractivity contribution in [1.82, 2.24) is 9.61 Å². The van der Waals surface area contributed by atoms with Gasteiger partial charge in [0, 0.05) is 17.7 Å². The number of esters is 1. The van der Waals surface area contributed by atoms with Crippen LogP contribution in [0.4, 0.5) is 21.9 Å². The second kappa shape index (κ2) is 10.3. The summed E-state index contributed by atoms with van der Waals surface area (Å²) in [4.78, 5) is 23.6. The van der Waals surface area contributed by atoms with Crippen molar-refractivity contribution in [1.29, 1.82) is 5.26 Å². The summed E-state index contributed by atoms with van der Waals surface area (Å²) in [5.41, 5.74) is 3.43. The first kappa shape index (κ1) is 23.7. The number of fused-ring (bicyclic) bond motifs is 1. The van der Waals surface area contributed by atoms with E-state index in [0.717, 1.165) is 11.4 Å². The zero-order valence-corrected chi connectivity index (χ0v) is 19.9. The van der Waals surface area contributed by atoms with Gasteiger partial charge in [-0.3, -0.25) is 10.1 Å². The minimum atomic E-state index is -0.675. The van der Waals surface area contributed by atoms with Gasteiger partial charge in [-0.1, -0.05) is 18.2 Å². The third-order valence-electron chi connectivity index (χ3n) is 5.89. The fourth-order valence-corrected chi connectivity index (χ4v) is 4.02. The molecule has 0 aliphatic carbocycles. The molecule has 2 aromatic carbocycles. The van der Waals surface area contributed by atoms with Crippen LogP contribution in [0.3, 0.4) is 0 Å². The molecule has 0 unspecified atom stereocenters. The molecule has 1 fully saturated rings. The number of hydrogen-bond acceptors (Lipinski definition) is 8. The highest BCUT2D eigenvalue weighted by Crippen LogP contribution is 2.33. The maximum absolute atomic E-state index is 12.4. The number of hydrogen-bond donors (Lipinski definition) is 2. The number of amides is 1. The van der Waals surface area contributed by atoms with Crippen molar-refractivity contribution in [3.63, 3.8) is 0 Å². The third-order valence-corrected chi connectivity index (χ3v) is 5.89. The Morgan fingerprint density at radius 3 is 2.65 bits per heavy atom. The average Bonchev–Trinajstić information content (AvgIpc) is 3.47. The summed E-state index contributed by atoms with van der Waals surface area (Å²) in [7, 11) is 0. The highest BCUT2D eigenvalue weighted by Gasteiger charge is 2.25. The zero-order chi connectivity index (χ0) is 25.8. The summed E-state index contributed by atoms with van der Waals surface area (Å²) in [6.07, 6.45) is 2.85. The Morgan fingerprint density at radius 2 is 1.95 bits per heavy atom. The first-order chi connectivity index (χ1) is 18.0. The Bertz CT molecular complexity index is 1490. The quantitative estimate of drug-likeness (QED) is 0.329. The van der Waals surface area contributed by atoms with Gasteiger partial charge in [-0.05, 0) is 49.7 Å². The Kier molecular flexibility index (Phi) is 6.59. The lowest BCUT2D eigenvalue weighted by Crippen LogP contribution is -2.21. The number of nitriles is 1. The number of carbonyl (C=O) groups is 2. The smallest absolute Gasteiger partial charge is 0.411 e. The van der Waals surface area contributed by atoms with Crippen LogP contribution in [0.1, 0.15) is 24.0 Å². The predicted molar refractivity (Wildman–Crippen MR) is 135 cm³/mol. The van der Waals surface area contributed by atoms with E-state index in [4.69, 9.17) is 14.2 Å². The fraction of sp³-hybridized carbons (Fsp3) is 0.185. The molecule has 2 N–H and O–H groups in total. The van der Waals surface area contributed by atoms with Crippen molar-refractivity contribution >= 4 is 34.6 Å². The Labute approximate surface area is 212 Å². The fourth-order valence-electron chi connectivity index (χ4n) is 4.02. The number of ether oxygens (including phenoxy) is 3. The highest BCUT2D eigenvalue weighted by molar-refractivity contribution is 5.92. The van der Waals surface area contributed by atoms with Crippen LogP contribution in [0, 0.1) is 18.3 Å². The van der Waals surface area contributed by atoms with E-state index >= 15 is 0 Å². The number of nitrogens with zero attached hydrogens (tertiary/aromatic N) is 3. The number of aryl methyl sites for hydroxylation is 1. The molecule has 10 nitrogen and oxygen atoms in total. The van der Waals surface area contributed by atoms with Crippen LogP contribution in [0.5, 0.6) is 11.5 Å². The van der Waals surface area contributed by atoms with E-state index in [9.17, 15) is 14.9 Å². The van der Waals surface area contributed by atoms with Crippen molar-refractivity contribution in [3.05, 3.63) is 78.1 Å². The SMILES string of the molecule is Cc1c(NC(=O)OC[C@H]2CCC(=O)O2)cn2ncc(C#N)c(Nc3ccc(Oc4ccccc4)cc3)c12. The van der Waals surface area contributed by atoms with E-state index in [1.54, 1.807) is 10.7 Å². The lowest BCUT2D eigenvalue weighted by Gasteiger charge is -2.12. The molecule has 1 aliphatic heterocycles. The van der Waals surface area contributed by atoms with Crippen LogP contribution in [0.15, 0.2) is 67.0 Å². The molecule has 37 heavy (non-hydrogen) atoms. The summed E-state index contributed by atoms with van der Waals surface area (Å²) in [6.45, 7) is 1.80. The molecule has 0 saturated carbocycles. The van der Waals surface area contributed by atoms with Gasteiger partial charge in [-0.15, -0.1) is 0 Å². The van der Waals surface area contributed by atoms with Gasteiger partial charge in [-0.2, -0.15) is 10.4 Å². The van der Waals surface area contributed by atoms with Crippen LogP contribution in [0.2, 0.25) is 0 Å². The van der Waals surface area contributed by atoms with Gasteiger partial charge in [0.25, 0.3) is 0 Å². The van der Waals surface area contributed by atoms with Crippen LogP contribution in [-0.4, -0.2) is 34.4 Å². The lowest BCUT2D eigenvalue weighted by molar-refractivity contribution is -0.142. The summed E-state index contributed by atoms with van der Waals surface area (Å²) in [5, 5.41) is 20.0. The average molecular weight is 498 g/mol. The van der Waals surface area contributed by atoms with Gasteiger partial charge in [-0.25, -0.2) is 9.31 Å². The summed E-state index contributed by atoms with van der Waals surface area (Å²) in [5.74, 6) is 1.12. The van der Waals surface area contributed by atoms with Gasteiger partial charge < -0.3 is 19.5 Å². The maximum Gasteiger partial charge on any atom is 0.411 e. The van der Waals surface area contributed by atoms with Gasteiger partial charge in [0.1, 0.15) is 30.3 Å². The van der Waals surface area contributed by atoms with Crippen LogP contribution >= 0.6 is 0 Å². The Morgan fingerprint density at radius 1 is 1.19 bits per heavy atom. The van der Waals surface area contributed by atoms with E-state index in [1.807, 2.05) is 61.5 Å². The van der Waals surface area contributed by atoms with E-state index in [0.29, 0.717) is 46.6 Å². The standard InChI is InChI=1S/C27H23N5O5/c1-17-23(31-27(34)35-16-22-11-12-24(33)37-22)15-32-26(17)25(18(13-28)14-29-32)30-19-7-9-21(10-8-19)36-20-5-3-2-4-6-20/h2-10,14-15,22,30H,11-12,16H2,1H3,(H,31,34)/t22-/m1/s1. The minimum Gasteiger partial charge on any atom is -0.459 e. The minimum absolute atomic E-state index is 0.0163. The van der Waals surface area contributed by atoms with E-state index in [-0.39, 0.29) is 12.6 Å². The number of anilines is 3. The van der Waals surface area contributed by atoms with Crippen LogP contribution < -0.4 is 15.4 Å². The molecule has 1 atom stereocenters. The molecule has 1 aliphatic rings. The monoisotopic (exact) mass is 497 g/mol. The van der Waals surface area contributed by atoms with Crippen molar-refractivity contribution in [2.24, 2.45) is 0 Å². The first-order valence-electron chi connectivity index (χ1n) is 11.6. The number of cyclic esters (lactones) is 1. The maximum atomic E-state index is 12.4. The molecular weight excluding hydrogens is 474 g/mol. The molecule has 0 radical (unpaired) electrons. The number of rotatable bonds is 7. The molecule has 1 amide bonds. The molecule has 3 heterocycles. The van der Waals surface area contributed by atoms with Gasteiger partial charge in [0.2, 0.25) is 0 Å². The zero-order valence-electron chi connectivity index (χ0n) is 19.9. The molecule has 5 rings (SSSR count). The molecule has 1 saturated heterocycles. The number of aromatic nitrogens is 2. The number of nitrogens with one attached hydrogen (secondary N) is 2. The normalized spacial score (nSPS) is 14.6. The van der Waals surface area contributed by atoms with Crippen molar-refractivity contribution in [2.75, 3.05) is 17.2 Å². The van der Waals surface area contributed by atoms with Crippen LogP contribution in [-0.2, 0) is 14.3 Å². The van der Waals surface area contributed by atoms with Gasteiger partial charge in [0.05, 0.1) is 34.8 Å². The number of benzene rings is 2. The van der Waals surface area contributed by atoms with E-state index in [1.165, 1.54) is 6.20 Å². The van der Waals surface area contributed by atoms with Crippen molar-refractivity contribution in [2.45, 2.75) is 25.9 Å². The summed E-state index contributed by atoms with van der Waals surface area (Å²) in [6, 6.07) is 19.0. The topological polar surface area (TPSA) is 127 Å². The molecule has 2 aromatic heterocycles. The molecule has 4 aromatic rings. The second-order valence-electron chi connectivity index (χ2n) is 8.44. The van der Waals surface area contributed by atoms with E-state index < -0.39 is 12.2 Å². The van der Waals surface area contributed by atoms with Gasteiger partial charge in [0.15, 0.2) is 0 Å².